The second-order valence-corrected chi connectivity index (χ2v) is 17.5. The Kier molecular flexibility index (Phi) is 7.56. The summed E-state index contributed by atoms with van der Waals surface area (Å²) in [4.78, 5) is 10.3. The number of rotatable bonds is 5. The first-order valence-corrected chi connectivity index (χ1v) is 19.1. The van der Waals surface area contributed by atoms with Crippen molar-refractivity contribution >= 4 is 55.0 Å². The van der Waals surface area contributed by atoms with Gasteiger partial charge in [0.05, 0.1) is 16.8 Å². The highest BCUT2D eigenvalue weighted by atomic mass is 16.4. The molecule has 5 aromatic carbocycles. The van der Waals surface area contributed by atoms with Crippen molar-refractivity contribution in [3.05, 3.63) is 114 Å². The second-order valence-electron chi connectivity index (χ2n) is 17.5. The summed E-state index contributed by atoms with van der Waals surface area (Å²) in [6, 6.07) is 32.4. The van der Waals surface area contributed by atoms with Crippen LogP contribution in [0, 0.1) is 0 Å². The van der Waals surface area contributed by atoms with Crippen LogP contribution in [-0.2, 0) is 10.8 Å². The maximum absolute atomic E-state index is 6.92. The van der Waals surface area contributed by atoms with Gasteiger partial charge in [0.2, 0.25) is 5.89 Å². The summed E-state index contributed by atoms with van der Waals surface area (Å²) in [6.45, 7) is 22.0. The highest BCUT2D eigenvalue weighted by Gasteiger charge is 2.29. The number of hydrogen-bond donors (Lipinski definition) is 0. The van der Waals surface area contributed by atoms with Gasteiger partial charge in [0.15, 0.2) is 16.7 Å². The Hall–Kier alpha value is -5.62. The van der Waals surface area contributed by atoms with Crippen LogP contribution < -0.4 is 0 Å². The Labute approximate surface area is 315 Å². The van der Waals surface area contributed by atoms with E-state index in [0.717, 1.165) is 66.7 Å². The van der Waals surface area contributed by atoms with Crippen molar-refractivity contribution < 1.29 is 13.3 Å². The van der Waals surface area contributed by atoms with Gasteiger partial charge in [-0.2, -0.15) is 0 Å². The lowest BCUT2D eigenvalue weighted by atomic mass is 9.88. The first-order valence-electron chi connectivity index (χ1n) is 19.1. The van der Waals surface area contributed by atoms with Gasteiger partial charge in [-0.15, -0.1) is 0 Å². The first-order chi connectivity index (χ1) is 25.7. The number of oxazole rings is 1. The van der Waals surface area contributed by atoms with Crippen LogP contribution in [0.5, 0.6) is 0 Å². The molecule has 0 radical (unpaired) electrons. The zero-order valence-corrected chi connectivity index (χ0v) is 32.9. The highest BCUT2D eigenvalue weighted by Crippen LogP contribution is 2.45. The normalized spacial score (nSPS) is 13.0. The molecule has 6 nitrogen and oxygen atoms in total. The van der Waals surface area contributed by atoms with Crippen LogP contribution in [0.3, 0.4) is 0 Å². The monoisotopic (exact) mass is 713 g/mol. The molecule has 6 heteroatoms. The number of fused-ring (bicyclic) bond motifs is 8. The minimum absolute atomic E-state index is 0.165. The maximum Gasteiger partial charge on any atom is 0.201 e. The van der Waals surface area contributed by atoms with Gasteiger partial charge in [-0.05, 0) is 82.6 Å². The summed E-state index contributed by atoms with van der Waals surface area (Å²) in [5.41, 5.74) is 12.1. The van der Waals surface area contributed by atoms with Crippen LogP contribution in [0.15, 0.2) is 104 Å². The molecule has 0 saturated carbocycles. The molecule has 0 atom stereocenters. The van der Waals surface area contributed by atoms with E-state index in [1.807, 2.05) is 6.07 Å². The predicted molar refractivity (Wildman–Crippen MR) is 222 cm³/mol. The lowest BCUT2D eigenvalue weighted by molar-refractivity contribution is 0.410. The summed E-state index contributed by atoms with van der Waals surface area (Å²) in [5.74, 6) is 2.86. The summed E-state index contributed by atoms with van der Waals surface area (Å²) in [6.07, 6.45) is 0. The minimum atomic E-state index is -0.240. The molecule has 9 rings (SSSR count). The summed E-state index contributed by atoms with van der Waals surface area (Å²) in [7, 11) is 0. The number of imidazole rings is 1. The van der Waals surface area contributed by atoms with E-state index in [1.54, 1.807) is 0 Å². The molecule has 0 amide bonds. The van der Waals surface area contributed by atoms with Crippen molar-refractivity contribution in [2.75, 3.05) is 0 Å². The molecule has 4 aromatic heterocycles. The average molecular weight is 714 g/mol. The van der Waals surface area contributed by atoms with Crippen molar-refractivity contribution in [1.29, 1.82) is 0 Å². The minimum Gasteiger partial charge on any atom is -0.458 e. The van der Waals surface area contributed by atoms with E-state index in [9.17, 15) is 0 Å². The fourth-order valence-electron chi connectivity index (χ4n) is 7.78. The van der Waals surface area contributed by atoms with Gasteiger partial charge in [-0.25, -0.2) is 9.97 Å². The van der Waals surface area contributed by atoms with E-state index in [-0.39, 0.29) is 22.7 Å². The summed E-state index contributed by atoms with van der Waals surface area (Å²) >= 11 is 0. The second kappa shape index (κ2) is 11.9. The van der Waals surface area contributed by atoms with Gasteiger partial charge in [-0.1, -0.05) is 112 Å². The molecule has 0 aliphatic carbocycles. The fourth-order valence-corrected chi connectivity index (χ4v) is 7.78. The lowest BCUT2D eigenvalue weighted by Crippen LogP contribution is -2.10. The highest BCUT2D eigenvalue weighted by molar-refractivity contribution is 6.15. The molecule has 0 fully saturated rings. The number of furan rings is 2. The molecule has 0 spiro atoms. The molecule has 9 aromatic rings. The van der Waals surface area contributed by atoms with E-state index >= 15 is 0 Å². The SMILES string of the molecule is CC(C)c1cc(-c2ccccc2)cc(C(C)C)c1-n1c(-c2cccc3c2oc2c3ccc3nc(C(C)(C)C)oc32)nc2ccc3cc(C(C)(C)C)oc3c21. The van der Waals surface area contributed by atoms with Crippen LogP contribution in [0.2, 0.25) is 0 Å². The zero-order valence-electron chi connectivity index (χ0n) is 32.9. The number of hydrogen-bond acceptors (Lipinski definition) is 5. The van der Waals surface area contributed by atoms with Gasteiger partial charge in [-0.3, -0.25) is 4.57 Å². The van der Waals surface area contributed by atoms with E-state index in [2.05, 4.69) is 159 Å². The Morgan fingerprint density at radius 1 is 0.556 bits per heavy atom. The molecular weight excluding hydrogens is 667 g/mol. The van der Waals surface area contributed by atoms with Crippen LogP contribution in [0.1, 0.15) is 104 Å². The molecule has 4 heterocycles. The van der Waals surface area contributed by atoms with Gasteiger partial charge in [0.1, 0.15) is 28.2 Å². The van der Waals surface area contributed by atoms with Gasteiger partial charge in [0, 0.05) is 27.0 Å². The number of aromatic nitrogens is 3. The topological polar surface area (TPSA) is 70.1 Å². The lowest BCUT2D eigenvalue weighted by Gasteiger charge is -2.24. The van der Waals surface area contributed by atoms with Gasteiger partial charge < -0.3 is 13.3 Å². The molecule has 272 valence electrons. The average Bonchev–Trinajstić information content (AvgIpc) is 3.92. The summed E-state index contributed by atoms with van der Waals surface area (Å²) < 4.78 is 22.6. The third kappa shape index (κ3) is 5.29. The third-order valence-electron chi connectivity index (χ3n) is 10.7. The Morgan fingerprint density at radius 2 is 1.24 bits per heavy atom. The molecular formula is C48H47N3O3. The molecule has 0 unspecified atom stereocenters. The number of benzene rings is 5. The third-order valence-corrected chi connectivity index (χ3v) is 10.7. The predicted octanol–water partition coefficient (Wildman–Crippen LogP) is 14.0. The molecule has 0 N–H and O–H groups in total. The quantitative estimate of drug-likeness (QED) is 0.178. The van der Waals surface area contributed by atoms with Crippen molar-refractivity contribution in [2.45, 2.75) is 91.9 Å². The largest absolute Gasteiger partial charge is 0.458 e. The van der Waals surface area contributed by atoms with Crippen LogP contribution in [0.4, 0.5) is 0 Å². The number of nitrogens with zero attached hydrogens (tertiary/aromatic N) is 3. The van der Waals surface area contributed by atoms with Crippen molar-refractivity contribution in [3.8, 4) is 28.2 Å². The van der Waals surface area contributed by atoms with Crippen LogP contribution >= 0.6 is 0 Å². The molecule has 0 saturated heterocycles. The molecule has 54 heavy (non-hydrogen) atoms. The van der Waals surface area contributed by atoms with E-state index in [4.69, 9.17) is 23.2 Å². The van der Waals surface area contributed by atoms with Crippen LogP contribution in [-0.4, -0.2) is 14.5 Å². The smallest absolute Gasteiger partial charge is 0.201 e. The molecule has 0 bridgehead atoms. The van der Waals surface area contributed by atoms with E-state index in [0.29, 0.717) is 17.1 Å². The molecule has 0 aliphatic heterocycles. The van der Waals surface area contributed by atoms with Crippen LogP contribution in [0.25, 0.3) is 83.2 Å². The van der Waals surface area contributed by atoms with Crippen molar-refractivity contribution in [3.63, 3.8) is 0 Å². The molecule has 0 aliphatic rings. The van der Waals surface area contributed by atoms with E-state index in [1.165, 1.54) is 22.3 Å². The van der Waals surface area contributed by atoms with E-state index < -0.39 is 0 Å². The van der Waals surface area contributed by atoms with Crippen molar-refractivity contribution in [1.82, 2.24) is 14.5 Å². The zero-order chi connectivity index (χ0) is 37.8. The van der Waals surface area contributed by atoms with Crippen molar-refractivity contribution in [2.24, 2.45) is 0 Å². The van der Waals surface area contributed by atoms with Gasteiger partial charge >= 0.3 is 0 Å². The Morgan fingerprint density at radius 3 is 1.91 bits per heavy atom. The number of para-hydroxylation sites is 1. The first kappa shape index (κ1) is 34.2. The summed E-state index contributed by atoms with van der Waals surface area (Å²) in [5, 5.41) is 3.05. The maximum atomic E-state index is 6.92. The standard InChI is InChI=1S/C48H47N3O3/c1-26(2)34-23-30(28-15-12-11-13-16-28)24-35(27(3)4)39(34)51-40-36(21-19-29-25-38(47(5,6)7)52-41(29)40)49-45(51)33-18-14-17-31-32-20-22-37-44(43(32)53-42(31)33)54-46(50-37)48(8,9)10/h11-27H,1-10H3. The fraction of sp³-hybridized carbons (Fsp3) is 0.292. The Bertz CT molecular complexity index is 2870. The van der Waals surface area contributed by atoms with Gasteiger partial charge in [0.25, 0.3) is 0 Å². The Balaban J connectivity index is 1.42.